The topological polar surface area (TPSA) is 219 Å². The largest absolute Gasteiger partial charge is 0.479 e. The predicted octanol–water partition coefficient (Wildman–Crippen LogP) is 3.49. The molecule has 0 unspecified atom stereocenters. The van der Waals surface area contributed by atoms with Crippen molar-refractivity contribution in [2.24, 2.45) is 22.1 Å². The fraction of sp³-hybridized carbons (Fsp3) is 0.724. The van der Waals surface area contributed by atoms with Crippen molar-refractivity contribution in [3.63, 3.8) is 0 Å². The van der Waals surface area contributed by atoms with Crippen LogP contribution in [-0.2, 0) is 44.4 Å². The second-order valence-electron chi connectivity index (χ2n) is 11.8. The number of azide groups is 2. The van der Waals surface area contributed by atoms with Gasteiger partial charge in [-0.3, -0.25) is 4.79 Å². The van der Waals surface area contributed by atoms with Crippen molar-refractivity contribution in [2.45, 2.75) is 108 Å². The van der Waals surface area contributed by atoms with E-state index in [0.29, 0.717) is 13.2 Å². The van der Waals surface area contributed by atoms with E-state index in [4.69, 9.17) is 44.6 Å². The van der Waals surface area contributed by atoms with Gasteiger partial charge in [-0.1, -0.05) is 54.4 Å². The summed E-state index contributed by atoms with van der Waals surface area (Å²) in [7, 11) is 0. The number of carboxylic acids is 1. The Kier molecular flexibility index (Phi) is 12.0. The van der Waals surface area contributed by atoms with E-state index in [1.807, 2.05) is 51.1 Å². The molecule has 45 heavy (non-hydrogen) atoms. The molecule has 4 saturated heterocycles. The fourth-order valence-electron chi connectivity index (χ4n) is 5.88. The first-order chi connectivity index (χ1) is 21.5. The normalized spacial score (nSPS) is 35.0. The zero-order valence-corrected chi connectivity index (χ0v) is 25.9. The SMILES string of the molecule is C[C@H]1[C@H](O[C@H](C)C(=O)N[C@H](C)Cc2ccccc2)[C@@H](N=[N+]=[N-])[C@@H]2OC[C@H]1O2.C[C@H]1[C@H](O[C@H](C)C(=O)O)[C@@H](N=[N+]=[N-])[C@@H]2OC[C@H]1O2. The molecule has 2 N–H and O–H groups in total. The van der Waals surface area contributed by atoms with Crippen LogP contribution in [0.1, 0.15) is 40.2 Å². The third-order valence-electron chi connectivity index (χ3n) is 8.49. The molecule has 0 aromatic heterocycles. The van der Waals surface area contributed by atoms with Crippen LogP contribution in [0.4, 0.5) is 0 Å². The number of carboxylic acid groups (broad SMARTS) is 1. The third kappa shape index (κ3) is 8.43. The first-order valence-electron chi connectivity index (χ1n) is 15.0. The number of rotatable bonds is 11. The minimum absolute atomic E-state index is 0.0227. The molecule has 246 valence electrons. The molecule has 4 bridgehead atoms. The zero-order valence-electron chi connectivity index (χ0n) is 25.9. The van der Waals surface area contributed by atoms with Crippen LogP contribution in [0.25, 0.3) is 20.9 Å². The molecule has 16 heteroatoms. The summed E-state index contributed by atoms with van der Waals surface area (Å²) in [5, 5.41) is 19.3. The lowest BCUT2D eigenvalue weighted by Crippen LogP contribution is -2.52. The molecule has 5 rings (SSSR count). The second kappa shape index (κ2) is 15.7. The lowest BCUT2D eigenvalue weighted by molar-refractivity contribution is -0.188. The van der Waals surface area contributed by atoms with Crippen LogP contribution in [0.2, 0.25) is 0 Å². The van der Waals surface area contributed by atoms with Crippen LogP contribution in [0.15, 0.2) is 40.6 Å². The number of fused-ring (bicyclic) bond motifs is 4. The average Bonchev–Trinajstić information content (AvgIpc) is 3.66. The van der Waals surface area contributed by atoms with E-state index in [9.17, 15) is 9.59 Å². The first kappa shape index (κ1) is 34.4. The zero-order chi connectivity index (χ0) is 32.7. The second-order valence-corrected chi connectivity index (χ2v) is 11.8. The smallest absolute Gasteiger partial charge is 0.332 e. The van der Waals surface area contributed by atoms with Crippen molar-refractivity contribution in [3.8, 4) is 0 Å². The molecule has 13 atom stereocenters. The van der Waals surface area contributed by atoms with Crippen molar-refractivity contribution in [3.05, 3.63) is 56.8 Å². The quantitative estimate of drug-likeness (QED) is 0.207. The number of amides is 1. The summed E-state index contributed by atoms with van der Waals surface area (Å²) in [6.07, 6.45) is -3.37. The molecule has 1 amide bonds. The van der Waals surface area contributed by atoms with Crippen LogP contribution in [0.3, 0.4) is 0 Å². The van der Waals surface area contributed by atoms with Gasteiger partial charge in [-0.2, -0.15) is 0 Å². The Morgan fingerprint density at radius 3 is 1.87 bits per heavy atom. The average molecular weight is 632 g/mol. The maximum absolute atomic E-state index is 12.6. The summed E-state index contributed by atoms with van der Waals surface area (Å²) in [6.45, 7) is 9.80. The Morgan fingerprint density at radius 2 is 1.40 bits per heavy atom. The molecule has 0 saturated carbocycles. The van der Waals surface area contributed by atoms with E-state index in [2.05, 4.69) is 25.4 Å². The van der Waals surface area contributed by atoms with Crippen molar-refractivity contribution < 1.29 is 43.1 Å². The van der Waals surface area contributed by atoms with Gasteiger partial charge in [0, 0.05) is 27.7 Å². The van der Waals surface area contributed by atoms with Gasteiger partial charge in [0.1, 0.15) is 18.2 Å². The maximum Gasteiger partial charge on any atom is 0.332 e. The van der Waals surface area contributed by atoms with E-state index in [1.54, 1.807) is 6.92 Å². The number of carbonyl (C=O) groups is 2. The van der Waals surface area contributed by atoms with Gasteiger partial charge >= 0.3 is 5.97 Å². The van der Waals surface area contributed by atoms with E-state index >= 15 is 0 Å². The number of benzene rings is 1. The molecule has 0 spiro atoms. The molecule has 4 heterocycles. The number of hydrogen-bond acceptors (Lipinski definition) is 10. The van der Waals surface area contributed by atoms with E-state index in [-0.39, 0.29) is 36.0 Å². The minimum atomic E-state index is -1.05. The molecule has 0 aliphatic carbocycles. The van der Waals surface area contributed by atoms with Crippen LogP contribution >= 0.6 is 0 Å². The van der Waals surface area contributed by atoms with Gasteiger partial charge in [0.25, 0.3) is 0 Å². The number of nitrogens with one attached hydrogen (secondary N) is 1. The number of aliphatic carboxylic acids is 1. The van der Waals surface area contributed by atoms with E-state index in [1.165, 1.54) is 6.92 Å². The van der Waals surface area contributed by atoms with Crippen LogP contribution in [0, 0.1) is 11.8 Å². The molecule has 16 nitrogen and oxygen atoms in total. The van der Waals surface area contributed by atoms with Gasteiger partial charge in [0.05, 0.1) is 37.6 Å². The van der Waals surface area contributed by atoms with E-state index < -0.39 is 55.0 Å². The van der Waals surface area contributed by atoms with Crippen molar-refractivity contribution in [2.75, 3.05) is 13.2 Å². The van der Waals surface area contributed by atoms with Crippen LogP contribution < -0.4 is 5.32 Å². The lowest BCUT2D eigenvalue weighted by Gasteiger charge is -2.38. The highest BCUT2D eigenvalue weighted by atomic mass is 16.7. The standard InChI is InChI=1S/C19H26N4O4.C10H15N3O5/c1-11(9-14-7-5-4-6-8-14)21-18(24)13(3)26-17-12(2)15-10-25-19(27-15)16(17)22-23-20;1-4-6-3-16-10(18-6)7(12-13-11)8(4)17-5(2)9(14)15/h4-8,11-13,15-17,19H,9-10H2,1-3H3,(H,21,24);4-8,10H,3H2,1-2H3,(H,14,15)/t11-,12-,13-,15-,16-,17+,19-;4-,5-,6-,7-,8+,10-/m11/s1. The van der Waals surface area contributed by atoms with Gasteiger partial charge in [0.2, 0.25) is 5.91 Å². The molecule has 4 fully saturated rings. The molecule has 1 aromatic rings. The Labute approximate surface area is 260 Å². The third-order valence-corrected chi connectivity index (χ3v) is 8.49. The lowest BCUT2D eigenvalue weighted by atomic mass is 9.91. The van der Waals surface area contributed by atoms with Crippen molar-refractivity contribution in [1.82, 2.24) is 5.32 Å². The summed E-state index contributed by atoms with van der Waals surface area (Å²) < 4.78 is 33.7. The number of carbonyl (C=O) groups excluding carboxylic acids is 1. The number of nitrogens with zero attached hydrogens (tertiary/aromatic N) is 6. The fourth-order valence-corrected chi connectivity index (χ4v) is 5.88. The number of ether oxygens (including phenoxy) is 6. The summed E-state index contributed by atoms with van der Waals surface area (Å²) >= 11 is 0. The van der Waals surface area contributed by atoms with Gasteiger partial charge < -0.3 is 38.8 Å². The Bertz CT molecular complexity index is 1260. The number of hydrogen-bond donors (Lipinski definition) is 2. The van der Waals surface area contributed by atoms with Crippen LogP contribution in [0.5, 0.6) is 0 Å². The summed E-state index contributed by atoms with van der Waals surface area (Å²) in [4.78, 5) is 29.0. The van der Waals surface area contributed by atoms with Crippen molar-refractivity contribution in [1.29, 1.82) is 0 Å². The Morgan fingerprint density at radius 1 is 0.911 bits per heavy atom. The molecule has 1 aromatic carbocycles. The van der Waals surface area contributed by atoms with Crippen LogP contribution in [-0.4, -0.2) is 97.5 Å². The van der Waals surface area contributed by atoms with Gasteiger partial charge in [-0.25, -0.2) is 4.79 Å². The summed E-state index contributed by atoms with van der Waals surface area (Å²) in [5.41, 5.74) is 18.6. The highest BCUT2D eigenvalue weighted by molar-refractivity contribution is 5.80. The van der Waals surface area contributed by atoms with Gasteiger partial charge in [0.15, 0.2) is 18.7 Å². The summed E-state index contributed by atoms with van der Waals surface area (Å²) in [6, 6.07) is 8.70. The summed E-state index contributed by atoms with van der Waals surface area (Å²) in [5.74, 6) is -1.39. The van der Waals surface area contributed by atoms with E-state index in [0.717, 1.165) is 12.0 Å². The molecule has 4 aliphatic heterocycles. The highest BCUT2D eigenvalue weighted by Gasteiger charge is 2.51. The molecular formula is C29H41N7O9. The maximum atomic E-state index is 12.6. The Balaban J connectivity index is 0.000000222. The Hall–Kier alpha value is -3.46. The minimum Gasteiger partial charge on any atom is -0.479 e. The first-order valence-corrected chi connectivity index (χ1v) is 15.0. The molecule has 4 aliphatic rings. The van der Waals surface area contributed by atoms with Gasteiger partial charge in [-0.15, -0.1) is 0 Å². The molecular weight excluding hydrogens is 590 g/mol. The van der Waals surface area contributed by atoms with Gasteiger partial charge in [-0.05, 0) is 43.8 Å². The molecule has 0 radical (unpaired) electrons. The van der Waals surface area contributed by atoms with Crippen molar-refractivity contribution >= 4 is 11.9 Å². The highest BCUT2D eigenvalue weighted by Crippen LogP contribution is 2.37. The predicted molar refractivity (Wildman–Crippen MR) is 157 cm³/mol. The monoisotopic (exact) mass is 631 g/mol.